The molecule has 1 heterocycles. The minimum Gasteiger partial charge on any atom is -0.301 e. The van der Waals surface area contributed by atoms with Crippen molar-refractivity contribution in [2.45, 2.75) is 71.0 Å². The Balaban J connectivity index is 1.82. The van der Waals surface area contributed by atoms with E-state index < -0.39 is 0 Å². The molecular formula is C15H30N2. The van der Waals surface area contributed by atoms with Gasteiger partial charge in [-0.1, -0.05) is 0 Å². The molecule has 100 valence electrons. The van der Waals surface area contributed by atoms with Crippen molar-refractivity contribution in [2.24, 2.45) is 5.92 Å². The second kappa shape index (κ2) is 4.89. The Morgan fingerprint density at radius 3 is 2.35 bits per heavy atom. The van der Waals surface area contributed by atoms with Crippen LogP contribution in [-0.4, -0.2) is 47.6 Å². The maximum Gasteiger partial charge on any atom is 0.0156 e. The van der Waals surface area contributed by atoms with E-state index in [1.807, 2.05) is 0 Å². The molecule has 2 unspecified atom stereocenters. The molecular weight excluding hydrogens is 208 g/mol. The summed E-state index contributed by atoms with van der Waals surface area (Å²) in [5, 5.41) is 0. The SMILES string of the molecule is CC(C)N(C)C1CC1CC(C)(C)N1CCCC1. The number of nitrogens with zero attached hydrogens (tertiary/aromatic N) is 2. The summed E-state index contributed by atoms with van der Waals surface area (Å²) in [6, 6.07) is 1.55. The largest absolute Gasteiger partial charge is 0.301 e. The molecule has 0 N–H and O–H groups in total. The normalized spacial score (nSPS) is 30.5. The molecule has 2 atom stereocenters. The standard InChI is InChI=1S/C15H30N2/c1-12(2)16(5)14-10-13(14)11-15(3,4)17-8-6-7-9-17/h12-14H,6-11H2,1-5H3. The van der Waals surface area contributed by atoms with E-state index in [9.17, 15) is 0 Å². The van der Waals surface area contributed by atoms with Crippen LogP contribution >= 0.6 is 0 Å². The Hall–Kier alpha value is -0.0800. The van der Waals surface area contributed by atoms with E-state index in [4.69, 9.17) is 0 Å². The Labute approximate surface area is 107 Å². The molecule has 0 aromatic rings. The predicted octanol–water partition coefficient (Wildman–Crippen LogP) is 2.98. The molecule has 0 bridgehead atoms. The fraction of sp³-hybridized carbons (Fsp3) is 1.00. The van der Waals surface area contributed by atoms with Crippen LogP contribution in [0.5, 0.6) is 0 Å². The van der Waals surface area contributed by atoms with Crippen LogP contribution in [0.1, 0.15) is 53.4 Å². The third-order valence-electron chi connectivity index (χ3n) is 4.95. The molecule has 17 heavy (non-hydrogen) atoms. The fourth-order valence-electron chi connectivity index (χ4n) is 3.43. The zero-order valence-electron chi connectivity index (χ0n) is 12.4. The lowest BCUT2D eigenvalue weighted by Crippen LogP contribution is -2.43. The molecule has 1 aliphatic heterocycles. The molecule has 1 saturated carbocycles. The van der Waals surface area contributed by atoms with Gasteiger partial charge in [0.05, 0.1) is 0 Å². The Morgan fingerprint density at radius 2 is 1.82 bits per heavy atom. The lowest BCUT2D eigenvalue weighted by atomic mass is 9.95. The van der Waals surface area contributed by atoms with E-state index in [0.717, 1.165) is 12.0 Å². The van der Waals surface area contributed by atoms with Crippen molar-refractivity contribution in [3.8, 4) is 0 Å². The Kier molecular flexibility index (Phi) is 3.84. The second-order valence-electron chi connectivity index (χ2n) is 7.03. The third kappa shape index (κ3) is 3.03. The first-order valence-corrected chi connectivity index (χ1v) is 7.39. The van der Waals surface area contributed by atoms with Gasteiger partial charge in [-0.3, -0.25) is 4.90 Å². The average Bonchev–Trinajstić information content (AvgIpc) is 2.80. The minimum absolute atomic E-state index is 0.424. The van der Waals surface area contributed by atoms with Crippen molar-refractivity contribution < 1.29 is 0 Å². The summed E-state index contributed by atoms with van der Waals surface area (Å²) in [7, 11) is 2.29. The summed E-state index contributed by atoms with van der Waals surface area (Å²) in [4.78, 5) is 5.27. The molecule has 1 aliphatic carbocycles. The second-order valence-corrected chi connectivity index (χ2v) is 7.03. The van der Waals surface area contributed by atoms with Crippen molar-refractivity contribution in [2.75, 3.05) is 20.1 Å². The highest BCUT2D eigenvalue weighted by Gasteiger charge is 2.45. The first kappa shape index (κ1) is 13.4. The summed E-state index contributed by atoms with van der Waals surface area (Å²) in [6.07, 6.45) is 5.62. The van der Waals surface area contributed by atoms with Gasteiger partial charge in [-0.15, -0.1) is 0 Å². The molecule has 0 aromatic heterocycles. The highest BCUT2D eigenvalue weighted by atomic mass is 15.2. The van der Waals surface area contributed by atoms with Gasteiger partial charge in [0.2, 0.25) is 0 Å². The van der Waals surface area contributed by atoms with Crippen LogP contribution in [0.2, 0.25) is 0 Å². The molecule has 0 aromatic carbocycles. The fourth-order valence-corrected chi connectivity index (χ4v) is 3.43. The smallest absolute Gasteiger partial charge is 0.0156 e. The van der Waals surface area contributed by atoms with Gasteiger partial charge in [0.15, 0.2) is 0 Å². The maximum absolute atomic E-state index is 2.71. The summed E-state index contributed by atoms with van der Waals surface area (Å²) in [5.74, 6) is 0.943. The van der Waals surface area contributed by atoms with E-state index in [0.29, 0.717) is 11.6 Å². The van der Waals surface area contributed by atoms with Gasteiger partial charge in [0, 0.05) is 17.6 Å². The van der Waals surface area contributed by atoms with Crippen LogP contribution < -0.4 is 0 Å². The zero-order chi connectivity index (χ0) is 12.6. The average molecular weight is 238 g/mol. The van der Waals surface area contributed by atoms with Crippen LogP contribution in [-0.2, 0) is 0 Å². The summed E-state index contributed by atoms with van der Waals surface area (Å²) in [6.45, 7) is 12.2. The van der Waals surface area contributed by atoms with Crippen molar-refractivity contribution in [3.05, 3.63) is 0 Å². The van der Waals surface area contributed by atoms with E-state index >= 15 is 0 Å². The van der Waals surface area contributed by atoms with Gasteiger partial charge < -0.3 is 4.90 Å². The van der Waals surface area contributed by atoms with E-state index in [1.165, 1.54) is 38.8 Å². The molecule has 2 aliphatic rings. The van der Waals surface area contributed by atoms with Gasteiger partial charge in [-0.05, 0) is 79.4 Å². The van der Waals surface area contributed by atoms with Crippen molar-refractivity contribution in [3.63, 3.8) is 0 Å². The third-order valence-corrected chi connectivity index (χ3v) is 4.95. The molecule has 0 spiro atoms. The van der Waals surface area contributed by atoms with Gasteiger partial charge in [0.25, 0.3) is 0 Å². The number of hydrogen-bond acceptors (Lipinski definition) is 2. The van der Waals surface area contributed by atoms with E-state index in [2.05, 4.69) is 44.5 Å². The lowest BCUT2D eigenvalue weighted by Gasteiger charge is -2.36. The van der Waals surface area contributed by atoms with Crippen molar-refractivity contribution in [1.29, 1.82) is 0 Å². The monoisotopic (exact) mass is 238 g/mol. The highest BCUT2D eigenvalue weighted by molar-refractivity contribution is 5.00. The van der Waals surface area contributed by atoms with Gasteiger partial charge in [-0.2, -0.15) is 0 Å². The molecule has 2 rings (SSSR count). The molecule has 2 fully saturated rings. The van der Waals surface area contributed by atoms with E-state index in [1.54, 1.807) is 0 Å². The predicted molar refractivity (Wildman–Crippen MR) is 74.3 cm³/mol. The molecule has 0 radical (unpaired) electrons. The van der Waals surface area contributed by atoms with Crippen molar-refractivity contribution in [1.82, 2.24) is 9.80 Å². The quantitative estimate of drug-likeness (QED) is 0.726. The van der Waals surface area contributed by atoms with Crippen LogP contribution in [0.25, 0.3) is 0 Å². The lowest BCUT2D eigenvalue weighted by molar-refractivity contribution is 0.130. The Morgan fingerprint density at radius 1 is 1.24 bits per heavy atom. The molecule has 0 amide bonds. The zero-order valence-corrected chi connectivity index (χ0v) is 12.4. The van der Waals surface area contributed by atoms with Gasteiger partial charge in [-0.25, -0.2) is 0 Å². The first-order valence-electron chi connectivity index (χ1n) is 7.39. The van der Waals surface area contributed by atoms with E-state index in [-0.39, 0.29) is 0 Å². The number of hydrogen-bond donors (Lipinski definition) is 0. The first-order chi connectivity index (χ1) is 7.92. The number of rotatable bonds is 5. The molecule has 2 heteroatoms. The topological polar surface area (TPSA) is 6.48 Å². The Bertz CT molecular complexity index is 254. The highest BCUT2D eigenvalue weighted by Crippen LogP contribution is 2.43. The molecule has 1 saturated heterocycles. The van der Waals surface area contributed by atoms with Gasteiger partial charge >= 0.3 is 0 Å². The summed E-state index contributed by atoms with van der Waals surface area (Å²) in [5.41, 5.74) is 0.424. The maximum atomic E-state index is 2.71. The minimum atomic E-state index is 0.424. The summed E-state index contributed by atoms with van der Waals surface area (Å²) >= 11 is 0. The van der Waals surface area contributed by atoms with Crippen LogP contribution in [0, 0.1) is 5.92 Å². The van der Waals surface area contributed by atoms with Crippen molar-refractivity contribution >= 4 is 0 Å². The van der Waals surface area contributed by atoms with Gasteiger partial charge in [0.1, 0.15) is 0 Å². The van der Waals surface area contributed by atoms with Crippen LogP contribution in [0.3, 0.4) is 0 Å². The van der Waals surface area contributed by atoms with Crippen LogP contribution in [0.15, 0.2) is 0 Å². The summed E-state index contributed by atoms with van der Waals surface area (Å²) < 4.78 is 0. The van der Waals surface area contributed by atoms with Crippen LogP contribution in [0.4, 0.5) is 0 Å². The number of likely N-dealkylation sites (tertiary alicyclic amines) is 1. The molecule has 2 nitrogen and oxygen atoms in total.